The van der Waals surface area contributed by atoms with Gasteiger partial charge in [0.2, 0.25) is 0 Å². The number of benzene rings is 4. The van der Waals surface area contributed by atoms with Crippen molar-refractivity contribution in [2.75, 3.05) is 7.11 Å². The molecule has 4 aromatic rings. The minimum Gasteiger partial charge on any atom is -0.497 e. The van der Waals surface area contributed by atoms with Crippen LogP contribution in [0.4, 0.5) is 4.39 Å². The van der Waals surface area contributed by atoms with Gasteiger partial charge in [0.25, 0.3) is 0 Å². The second-order valence-corrected chi connectivity index (χ2v) is 7.15. The lowest BCUT2D eigenvalue weighted by molar-refractivity contribution is 0.415. The van der Waals surface area contributed by atoms with Crippen LogP contribution in [0.5, 0.6) is 5.75 Å². The van der Waals surface area contributed by atoms with Crippen LogP contribution < -0.4 is 4.74 Å². The Hall–Kier alpha value is -3.39. The number of rotatable bonds is 6. The third-order valence-electron chi connectivity index (χ3n) is 5.25. The highest BCUT2D eigenvalue weighted by Crippen LogP contribution is 2.31. The molecule has 0 amide bonds. The van der Waals surface area contributed by atoms with Gasteiger partial charge in [-0.2, -0.15) is 0 Å². The Morgan fingerprint density at radius 1 is 0.793 bits per heavy atom. The number of ether oxygens (including phenoxy) is 1. The quantitative estimate of drug-likeness (QED) is 0.315. The van der Waals surface area contributed by atoms with Crippen molar-refractivity contribution in [2.24, 2.45) is 0 Å². The number of aryl methyl sites for hydroxylation is 1. The zero-order valence-corrected chi connectivity index (χ0v) is 16.5. The lowest BCUT2D eigenvalue weighted by atomic mass is 9.96. The average Bonchev–Trinajstić information content (AvgIpc) is 2.77. The van der Waals surface area contributed by atoms with Gasteiger partial charge in [-0.25, -0.2) is 4.39 Å². The van der Waals surface area contributed by atoms with Crippen LogP contribution in [0, 0.1) is 5.82 Å². The van der Waals surface area contributed by atoms with Gasteiger partial charge >= 0.3 is 0 Å². The molecule has 29 heavy (non-hydrogen) atoms. The van der Waals surface area contributed by atoms with Gasteiger partial charge in [-0.3, -0.25) is 0 Å². The van der Waals surface area contributed by atoms with E-state index < -0.39 is 0 Å². The number of allylic oxidation sites excluding steroid dienone is 1. The molecule has 0 spiro atoms. The fraction of sp³-hybridized carbons (Fsp3) is 0.111. The van der Waals surface area contributed by atoms with Gasteiger partial charge in [0.05, 0.1) is 7.11 Å². The molecule has 0 bridgehead atoms. The highest BCUT2D eigenvalue weighted by atomic mass is 19.1. The minimum atomic E-state index is -0.229. The van der Waals surface area contributed by atoms with Crippen molar-refractivity contribution in [2.45, 2.75) is 12.8 Å². The van der Waals surface area contributed by atoms with Gasteiger partial charge in [0, 0.05) is 5.56 Å². The summed E-state index contributed by atoms with van der Waals surface area (Å²) in [7, 11) is 1.62. The summed E-state index contributed by atoms with van der Waals surface area (Å²) < 4.78 is 20.0. The molecule has 0 aliphatic carbocycles. The van der Waals surface area contributed by atoms with Crippen molar-refractivity contribution < 1.29 is 9.13 Å². The van der Waals surface area contributed by atoms with Crippen LogP contribution in [-0.4, -0.2) is 7.11 Å². The molecule has 0 saturated heterocycles. The maximum Gasteiger partial charge on any atom is 0.131 e. The maximum atomic E-state index is 14.8. The Balaban J connectivity index is 1.64. The van der Waals surface area contributed by atoms with Gasteiger partial charge in [0.15, 0.2) is 0 Å². The summed E-state index contributed by atoms with van der Waals surface area (Å²) in [5.41, 5.74) is 4.61. The van der Waals surface area contributed by atoms with Gasteiger partial charge in [-0.1, -0.05) is 60.7 Å². The summed E-state index contributed by atoms with van der Waals surface area (Å²) in [6.07, 6.45) is 3.92. The van der Waals surface area contributed by atoms with E-state index in [1.807, 2.05) is 42.5 Å². The first-order valence-corrected chi connectivity index (χ1v) is 9.76. The van der Waals surface area contributed by atoms with Crippen molar-refractivity contribution >= 4 is 10.8 Å². The van der Waals surface area contributed by atoms with Crippen LogP contribution in [0.25, 0.3) is 33.0 Å². The van der Waals surface area contributed by atoms with Gasteiger partial charge < -0.3 is 4.74 Å². The third-order valence-corrected chi connectivity index (χ3v) is 5.25. The molecule has 0 fully saturated rings. The van der Waals surface area contributed by atoms with Crippen LogP contribution in [0.1, 0.15) is 12.0 Å². The van der Waals surface area contributed by atoms with Gasteiger partial charge in [-0.15, -0.1) is 6.58 Å². The third kappa shape index (κ3) is 4.07. The molecule has 144 valence electrons. The molecule has 0 aromatic heterocycles. The van der Waals surface area contributed by atoms with Crippen LogP contribution >= 0.6 is 0 Å². The van der Waals surface area contributed by atoms with E-state index >= 15 is 0 Å². The molecule has 0 aliphatic rings. The Kier molecular flexibility index (Phi) is 5.44. The standard InChI is InChI=1S/C27H23FO/c1-3-4-5-19-6-7-22-17-23(9-8-21(22)16-19)24-12-15-26(27(28)18-24)20-10-13-25(29-2)14-11-20/h3,6-18H,1,4-5H2,2H3. The molecule has 1 nitrogen and oxygen atoms in total. The van der Waals surface area contributed by atoms with Crippen LogP contribution in [-0.2, 0) is 6.42 Å². The van der Waals surface area contributed by atoms with E-state index in [1.165, 1.54) is 10.9 Å². The summed E-state index contributed by atoms with van der Waals surface area (Å²) in [5.74, 6) is 0.530. The minimum absolute atomic E-state index is 0.229. The Bertz CT molecular complexity index is 1160. The highest BCUT2D eigenvalue weighted by molar-refractivity contribution is 5.88. The normalized spacial score (nSPS) is 10.8. The van der Waals surface area contributed by atoms with Crippen molar-refractivity contribution in [3.8, 4) is 28.0 Å². The van der Waals surface area contributed by atoms with Crippen molar-refractivity contribution in [1.82, 2.24) is 0 Å². The molecular formula is C27H23FO. The topological polar surface area (TPSA) is 9.23 Å². The predicted molar refractivity (Wildman–Crippen MR) is 120 cm³/mol. The van der Waals surface area contributed by atoms with Crippen molar-refractivity contribution in [3.05, 3.63) is 103 Å². The summed E-state index contributed by atoms with van der Waals surface area (Å²) in [5, 5.41) is 2.36. The average molecular weight is 382 g/mol. The number of hydrogen-bond acceptors (Lipinski definition) is 1. The monoisotopic (exact) mass is 382 g/mol. The van der Waals surface area contributed by atoms with Crippen molar-refractivity contribution in [1.29, 1.82) is 0 Å². The van der Waals surface area contributed by atoms with E-state index in [4.69, 9.17) is 4.74 Å². The second kappa shape index (κ2) is 8.32. The molecule has 0 aliphatic heterocycles. The Morgan fingerprint density at radius 3 is 2.17 bits per heavy atom. The lowest BCUT2D eigenvalue weighted by Gasteiger charge is -2.09. The summed E-state index contributed by atoms with van der Waals surface area (Å²) >= 11 is 0. The predicted octanol–water partition coefficient (Wildman–Crippen LogP) is 7.44. The summed E-state index contributed by atoms with van der Waals surface area (Å²) in [6.45, 7) is 3.79. The fourth-order valence-corrected chi connectivity index (χ4v) is 3.60. The van der Waals surface area contributed by atoms with Gasteiger partial charge in [0.1, 0.15) is 11.6 Å². The van der Waals surface area contributed by atoms with E-state index in [0.717, 1.165) is 40.7 Å². The number of halogens is 1. The van der Waals surface area contributed by atoms with Crippen LogP contribution in [0.3, 0.4) is 0 Å². The number of hydrogen-bond donors (Lipinski definition) is 0. The molecule has 0 N–H and O–H groups in total. The Morgan fingerprint density at radius 2 is 1.45 bits per heavy atom. The molecule has 0 radical (unpaired) electrons. The first kappa shape index (κ1) is 18.9. The fourth-order valence-electron chi connectivity index (χ4n) is 3.60. The first-order valence-electron chi connectivity index (χ1n) is 9.76. The smallest absolute Gasteiger partial charge is 0.131 e. The Labute approximate surface area is 171 Å². The molecule has 0 unspecified atom stereocenters. The number of methoxy groups -OCH3 is 1. The zero-order chi connectivity index (χ0) is 20.2. The van der Waals surface area contributed by atoms with Gasteiger partial charge in [-0.05, 0) is 70.1 Å². The summed E-state index contributed by atoms with van der Waals surface area (Å²) in [6, 6.07) is 25.7. The van der Waals surface area contributed by atoms with E-state index in [2.05, 4.69) is 43.0 Å². The molecule has 0 heterocycles. The molecule has 4 aromatic carbocycles. The molecule has 4 rings (SSSR count). The maximum absolute atomic E-state index is 14.8. The largest absolute Gasteiger partial charge is 0.497 e. The zero-order valence-electron chi connectivity index (χ0n) is 16.5. The molecule has 0 atom stereocenters. The molecule has 2 heteroatoms. The van der Waals surface area contributed by atoms with Crippen molar-refractivity contribution in [3.63, 3.8) is 0 Å². The second-order valence-electron chi connectivity index (χ2n) is 7.15. The highest BCUT2D eigenvalue weighted by Gasteiger charge is 2.08. The van der Waals surface area contributed by atoms with E-state index in [9.17, 15) is 4.39 Å². The van der Waals surface area contributed by atoms with Crippen LogP contribution in [0.15, 0.2) is 91.5 Å². The van der Waals surface area contributed by atoms with E-state index in [-0.39, 0.29) is 5.82 Å². The number of fused-ring (bicyclic) bond motifs is 1. The molecular weight excluding hydrogens is 359 g/mol. The van der Waals surface area contributed by atoms with E-state index in [1.54, 1.807) is 13.2 Å². The SMILES string of the molecule is C=CCCc1ccc2cc(-c3ccc(-c4ccc(OC)cc4)c(F)c3)ccc2c1. The van der Waals surface area contributed by atoms with Crippen LogP contribution in [0.2, 0.25) is 0 Å². The lowest BCUT2D eigenvalue weighted by Crippen LogP contribution is -1.88. The summed E-state index contributed by atoms with van der Waals surface area (Å²) in [4.78, 5) is 0. The first-order chi connectivity index (χ1) is 14.2. The van der Waals surface area contributed by atoms with E-state index in [0.29, 0.717) is 5.56 Å². The molecule has 0 saturated carbocycles.